The number of benzene rings is 2. The Morgan fingerprint density at radius 1 is 1.00 bits per heavy atom. The Hall–Kier alpha value is -0.290. The predicted octanol–water partition coefficient (Wildman–Crippen LogP) is 5.52. The molecule has 0 amide bonds. The van der Waals surface area contributed by atoms with E-state index in [0.717, 1.165) is 24.7 Å². The summed E-state index contributed by atoms with van der Waals surface area (Å²) in [6.45, 7) is 4.11. The van der Waals surface area contributed by atoms with Crippen molar-refractivity contribution in [2.24, 2.45) is 0 Å². The third-order valence-corrected chi connectivity index (χ3v) is 5.40. The molecule has 0 bridgehead atoms. The van der Waals surface area contributed by atoms with E-state index >= 15 is 0 Å². The Labute approximate surface area is 143 Å². The van der Waals surface area contributed by atoms with Crippen LogP contribution in [0.3, 0.4) is 0 Å². The molecule has 0 saturated heterocycles. The van der Waals surface area contributed by atoms with Crippen molar-refractivity contribution in [1.82, 2.24) is 5.32 Å². The highest BCUT2D eigenvalue weighted by atomic mass is 127. The number of hydrogen-bond donors (Lipinski definition) is 1. The molecule has 1 unspecified atom stereocenters. The molecule has 0 heterocycles. The molecule has 0 spiro atoms. The summed E-state index contributed by atoms with van der Waals surface area (Å²) in [4.78, 5) is 0. The first-order chi connectivity index (χ1) is 9.43. The largest absolute Gasteiger partial charge is 0.309 e. The van der Waals surface area contributed by atoms with E-state index in [1.165, 1.54) is 11.1 Å². The molecular weight excluding hydrogens is 404 g/mol. The number of hydrogen-bond acceptors (Lipinski definition) is 1. The summed E-state index contributed by atoms with van der Waals surface area (Å²) in [7, 11) is 1.96. The molecule has 2 aromatic rings. The fourth-order valence-corrected chi connectivity index (χ4v) is 3.05. The highest BCUT2D eigenvalue weighted by molar-refractivity contribution is 14.1. The molecule has 1 atom stereocenters. The highest BCUT2D eigenvalue weighted by Crippen LogP contribution is 2.31. The summed E-state index contributed by atoms with van der Waals surface area (Å²) in [6.07, 6.45) is 0. The smallest absolute Gasteiger partial charge is 0.0577 e. The van der Waals surface area contributed by atoms with Crippen molar-refractivity contribution in [3.8, 4) is 0 Å². The SMILES string of the molecule is CNC(c1ccc(I)c(Cl)c1)c1cc(C)c(Cl)cc1C. The number of halogens is 3. The third kappa shape index (κ3) is 3.30. The van der Waals surface area contributed by atoms with Crippen LogP contribution in [-0.2, 0) is 0 Å². The van der Waals surface area contributed by atoms with Gasteiger partial charge in [0.1, 0.15) is 0 Å². The van der Waals surface area contributed by atoms with E-state index in [1.54, 1.807) is 0 Å². The van der Waals surface area contributed by atoms with E-state index in [9.17, 15) is 0 Å². The van der Waals surface area contributed by atoms with Crippen molar-refractivity contribution in [3.05, 3.63) is 66.2 Å². The van der Waals surface area contributed by atoms with Crippen molar-refractivity contribution in [2.75, 3.05) is 7.05 Å². The second kappa shape index (κ2) is 6.65. The fourth-order valence-electron chi connectivity index (χ4n) is 2.31. The zero-order valence-corrected chi connectivity index (χ0v) is 15.3. The van der Waals surface area contributed by atoms with Gasteiger partial charge in [0.15, 0.2) is 0 Å². The normalized spacial score (nSPS) is 12.5. The first-order valence-corrected chi connectivity index (χ1v) is 8.16. The van der Waals surface area contributed by atoms with Crippen LogP contribution in [-0.4, -0.2) is 7.05 Å². The molecule has 0 aliphatic heterocycles. The fraction of sp³-hybridized carbons (Fsp3) is 0.250. The minimum Gasteiger partial charge on any atom is -0.309 e. The summed E-state index contributed by atoms with van der Waals surface area (Å²) in [5.74, 6) is 0. The van der Waals surface area contributed by atoms with E-state index < -0.39 is 0 Å². The predicted molar refractivity (Wildman–Crippen MR) is 96.0 cm³/mol. The number of nitrogens with one attached hydrogen (secondary N) is 1. The van der Waals surface area contributed by atoms with Crippen LogP contribution in [0.1, 0.15) is 28.3 Å². The first-order valence-electron chi connectivity index (χ1n) is 6.33. The molecule has 4 heteroatoms. The van der Waals surface area contributed by atoms with Gasteiger partial charge < -0.3 is 5.32 Å². The highest BCUT2D eigenvalue weighted by Gasteiger charge is 2.16. The molecule has 106 valence electrons. The Morgan fingerprint density at radius 3 is 2.30 bits per heavy atom. The molecule has 0 aromatic heterocycles. The van der Waals surface area contributed by atoms with Gasteiger partial charge in [0.2, 0.25) is 0 Å². The lowest BCUT2D eigenvalue weighted by atomic mass is 9.93. The van der Waals surface area contributed by atoms with Gasteiger partial charge in [0.25, 0.3) is 0 Å². The molecule has 0 fully saturated rings. The van der Waals surface area contributed by atoms with E-state index in [1.807, 2.05) is 32.2 Å². The van der Waals surface area contributed by atoms with Gasteiger partial charge in [0, 0.05) is 8.59 Å². The minimum absolute atomic E-state index is 0.112. The van der Waals surface area contributed by atoms with E-state index in [4.69, 9.17) is 23.2 Å². The van der Waals surface area contributed by atoms with Crippen molar-refractivity contribution in [1.29, 1.82) is 0 Å². The zero-order chi connectivity index (χ0) is 14.9. The molecule has 0 saturated carbocycles. The van der Waals surface area contributed by atoms with Crippen molar-refractivity contribution in [3.63, 3.8) is 0 Å². The van der Waals surface area contributed by atoms with Crippen LogP contribution in [0.15, 0.2) is 30.3 Å². The van der Waals surface area contributed by atoms with Gasteiger partial charge in [-0.25, -0.2) is 0 Å². The maximum atomic E-state index is 6.24. The van der Waals surface area contributed by atoms with Crippen LogP contribution in [0.4, 0.5) is 0 Å². The van der Waals surface area contributed by atoms with Crippen LogP contribution in [0.25, 0.3) is 0 Å². The molecule has 0 radical (unpaired) electrons. The molecule has 0 aliphatic rings. The second-order valence-electron chi connectivity index (χ2n) is 4.85. The summed E-state index contributed by atoms with van der Waals surface area (Å²) in [5, 5.41) is 4.96. The van der Waals surface area contributed by atoms with Crippen molar-refractivity contribution in [2.45, 2.75) is 19.9 Å². The Morgan fingerprint density at radius 2 is 1.70 bits per heavy atom. The molecule has 20 heavy (non-hydrogen) atoms. The van der Waals surface area contributed by atoms with E-state index in [-0.39, 0.29) is 6.04 Å². The minimum atomic E-state index is 0.112. The van der Waals surface area contributed by atoms with Gasteiger partial charge in [-0.3, -0.25) is 0 Å². The Kier molecular flexibility index (Phi) is 5.35. The van der Waals surface area contributed by atoms with Crippen LogP contribution in [0, 0.1) is 17.4 Å². The zero-order valence-electron chi connectivity index (χ0n) is 11.6. The molecule has 0 aliphatic carbocycles. The summed E-state index contributed by atoms with van der Waals surface area (Å²) >= 11 is 14.7. The van der Waals surface area contributed by atoms with Crippen LogP contribution >= 0.6 is 45.8 Å². The molecule has 2 rings (SSSR count). The van der Waals surface area contributed by atoms with Gasteiger partial charge in [0.05, 0.1) is 11.1 Å². The Balaban J connectivity index is 2.52. The van der Waals surface area contributed by atoms with Gasteiger partial charge in [-0.2, -0.15) is 0 Å². The maximum Gasteiger partial charge on any atom is 0.0577 e. The third-order valence-electron chi connectivity index (χ3n) is 3.42. The monoisotopic (exact) mass is 419 g/mol. The molecule has 1 nitrogen and oxygen atoms in total. The van der Waals surface area contributed by atoms with E-state index in [2.05, 4.69) is 47.0 Å². The van der Waals surface area contributed by atoms with Crippen LogP contribution < -0.4 is 5.32 Å². The van der Waals surface area contributed by atoms with Crippen LogP contribution in [0.2, 0.25) is 10.0 Å². The van der Waals surface area contributed by atoms with Gasteiger partial charge in [-0.05, 0) is 83.9 Å². The molecule has 2 aromatic carbocycles. The number of rotatable bonds is 3. The maximum absolute atomic E-state index is 6.24. The average Bonchev–Trinajstić information content (AvgIpc) is 2.40. The quantitative estimate of drug-likeness (QED) is 0.645. The summed E-state index contributed by atoms with van der Waals surface area (Å²) in [6, 6.07) is 10.4. The van der Waals surface area contributed by atoms with Crippen LogP contribution in [0.5, 0.6) is 0 Å². The Bertz CT molecular complexity index is 641. The van der Waals surface area contributed by atoms with E-state index in [0.29, 0.717) is 0 Å². The first kappa shape index (κ1) is 16.1. The van der Waals surface area contributed by atoms with Gasteiger partial charge >= 0.3 is 0 Å². The topological polar surface area (TPSA) is 12.0 Å². The van der Waals surface area contributed by atoms with Gasteiger partial charge in [-0.1, -0.05) is 35.3 Å². The van der Waals surface area contributed by atoms with Crippen molar-refractivity contribution < 1.29 is 0 Å². The summed E-state index contributed by atoms with van der Waals surface area (Å²) < 4.78 is 1.06. The molecular formula is C16H16Cl2IN. The number of aryl methyl sites for hydroxylation is 2. The lowest BCUT2D eigenvalue weighted by Gasteiger charge is -2.21. The molecule has 1 N–H and O–H groups in total. The standard InChI is InChI=1S/C16H16Cl2IN/c1-9-7-13(17)10(2)6-12(9)16(20-3)11-4-5-15(19)14(18)8-11/h4-8,16,20H,1-3H3. The van der Waals surface area contributed by atoms with Crippen molar-refractivity contribution >= 4 is 45.8 Å². The average molecular weight is 420 g/mol. The van der Waals surface area contributed by atoms with Gasteiger partial charge in [-0.15, -0.1) is 0 Å². The lowest BCUT2D eigenvalue weighted by molar-refractivity contribution is 0.687. The lowest BCUT2D eigenvalue weighted by Crippen LogP contribution is -2.19. The summed E-state index contributed by atoms with van der Waals surface area (Å²) in [5.41, 5.74) is 4.65. The second-order valence-corrected chi connectivity index (χ2v) is 6.83.